The second-order valence-corrected chi connectivity index (χ2v) is 9.07. The van der Waals surface area contributed by atoms with E-state index in [0.29, 0.717) is 28.8 Å². The highest BCUT2D eigenvalue weighted by molar-refractivity contribution is 5.94. The minimum absolute atomic E-state index is 0.0391. The van der Waals surface area contributed by atoms with Gasteiger partial charge >= 0.3 is 0 Å². The van der Waals surface area contributed by atoms with Crippen LogP contribution < -0.4 is 10.1 Å². The SMILES string of the molecule is C=N/C(=C\C(=N/COc1ccc2[nH]c(C)cc2c1F)N1CCN(C)CC1)Nc1cc(C2CC2)no1. The smallest absolute Gasteiger partial charge is 0.230 e. The van der Waals surface area contributed by atoms with E-state index in [1.54, 1.807) is 18.2 Å². The number of rotatable bonds is 8. The molecule has 0 unspecified atom stereocenters. The summed E-state index contributed by atoms with van der Waals surface area (Å²) in [5, 5.41) is 7.76. The van der Waals surface area contributed by atoms with Gasteiger partial charge in [0.05, 0.1) is 5.69 Å². The van der Waals surface area contributed by atoms with Gasteiger partial charge in [0.25, 0.3) is 0 Å². The molecule has 1 aliphatic heterocycles. The third-order valence-corrected chi connectivity index (χ3v) is 6.32. The lowest BCUT2D eigenvalue weighted by molar-refractivity contribution is 0.214. The monoisotopic (exact) mass is 479 g/mol. The Bertz CT molecular complexity index is 1270. The van der Waals surface area contributed by atoms with Gasteiger partial charge in [-0.25, -0.2) is 14.4 Å². The van der Waals surface area contributed by atoms with Gasteiger partial charge in [-0.2, -0.15) is 0 Å². The van der Waals surface area contributed by atoms with E-state index in [1.165, 1.54) is 0 Å². The normalized spacial score (nSPS) is 17.7. The van der Waals surface area contributed by atoms with Crippen LogP contribution in [0.25, 0.3) is 10.9 Å². The van der Waals surface area contributed by atoms with Gasteiger partial charge in [0.2, 0.25) is 5.88 Å². The molecule has 0 atom stereocenters. The van der Waals surface area contributed by atoms with Crippen molar-refractivity contribution in [2.24, 2.45) is 9.98 Å². The van der Waals surface area contributed by atoms with Crippen molar-refractivity contribution < 1.29 is 13.7 Å². The number of hydrogen-bond acceptors (Lipinski definition) is 7. The number of amidine groups is 1. The fraction of sp³-hybridized carbons (Fsp3) is 0.400. The maximum Gasteiger partial charge on any atom is 0.230 e. The van der Waals surface area contributed by atoms with Crippen molar-refractivity contribution in [1.29, 1.82) is 0 Å². The Kier molecular flexibility index (Phi) is 6.54. The number of aryl methyl sites for hydroxylation is 1. The summed E-state index contributed by atoms with van der Waals surface area (Å²) in [6.07, 6.45) is 4.09. The number of anilines is 1. The number of piperazine rings is 1. The summed E-state index contributed by atoms with van der Waals surface area (Å²) in [7, 11) is 2.09. The fourth-order valence-corrected chi connectivity index (χ4v) is 4.13. The number of H-pyrrole nitrogens is 1. The molecule has 0 bridgehead atoms. The maximum atomic E-state index is 14.9. The zero-order valence-corrected chi connectivity index (χ0v) is 20.1. The fourth-order valence-electron chi connectivity index (χ4n) is 4.13. The molecule has 0 radical (unpaired) electrons. The third kappa shape index (κ3) is 5.37. The second kappa shape index (κ2) is 9.91. The number of ether oxygens (including phenoxy) is 1. The van der Waals surface area contributed by atoms with E-state index < -0.39 is 5.82 Å². The largest absolute Gasteiger partial charge is 0.468 e. The van der Waals surface area contributed by atoms with E-state index in [2.05, 4.69) is 49.0 Å². The predicted octanol–water partition coefficient (Wildman–Crippen LogP) is 4.12. The number of fused-ring (bicyclic) bond motifs is 1. The van der Waals surface area contributed by atoms with Crippen LogP contribution in [0, 0.1) is 12.7 Å². The molecule has 0 spiro atoms. The molecule has 1 aromatic carbocycles. The molecule has 2 N–H and O–H groups in total. The Hall–Kier alpha value is -3.66. The maximum absolute atomic E-state index is 14.9. The molecule has 35 heavy (non-hydrogen) atoms. The zero-order valence-electron chi connectivity index (χ0n) is 20.1. The number of nitrogens with one attached hydrogen (secondary N) is 2. The molecule has 9 nitrogen and oxygen atoms in total. The molecule has 1 aliphatic carbocycles. The summed E-state index contributed by atoms with van der Waals surface area (Å²) in [4.78, 5) is 16.3. The topological polar surface area (TPSA) is 94.3 Å². The van der Waals surface area contributed by atoms with Crippen molar-refractivity contribution in [3.8, 4) is 5.75 Å². The van der Waals surface area contributed by atoms with E-state index in [0.717, 1.165) is 55.9 Å². The van der Waals surface area contributed by atoms with Crippen molar-refractivity contribution in [3.05, 3.63) is 53.4 Å². The molecule has 2 aromatic heterocycles. The second-order valence-electron chi connectivity index (χ2n) is 9.07. The standard InChI is InChI=1S/C25H30FN7O2/c1-16-12-18-19(29-16)6-7-21(25(18)26)34-15-28-23(33-10-8-32(3)9-11-33)14-22(27-2)30-24-13-20(31-35-24)17-4-5-17/h6-7,12-14,17,29-30H,2,4-5,8-11,15H2,1,3H3/b22-14+,28-23+. The average Bonchev–Trinajstić information content (AvgIpc) is 3.47. The lowest BCUT2D eigenvalue weighted by Gasteiger charge is -2.33. The van der Waals surface area contributed by atoms with Crippen LogP contribution in [0.2, 0.25) is 0 Å². The van der Waals surface area contributed by atoms with Crippen molar-refractivity contribution in [2.45, 2.75) is 25.7 Å². The number of nitrogens with zero attached hydrogens (tertiary/aromatic N) is 5. The van der Waals surface area contributed by atoms with Crippen LogP contribution in [0.3, 0.4) is 0 Å². The van der Waals surface area contributed by atoms with Crippen LogP contribution in [-0.4, -0.2) is 72.5 Å². The Morgan fingerprint density at radius 1 is 1.31 bits per heavy atom. The van der Waals surface area contributed by atoms with E-state index in [9.17, 15) is 4.39 Å². The number of benzene rings is 1. The molecule has 0 amide bonds. The molecular weight excluding hydrogens is 449 g/mol. The Morgan fingerprint density at radius 3 is 2.86 bits per heavy atom. The first-order chi connectivity index (χ1) is 17.0. The summed E-state index contributed by atoms with van der Waals surface area (Å²) < 4.78 is 26.0. The minimum atomic E-state index is -0.398. The first-order valence-electron chi connectivity index (χ1n) is 11.8. The molecule has 3 aromatic rings. The number of aromatic amines is 1. The van der Waals surface area contributed by atoms with Gasteiger partial charge in [-0.15, -0.1) is 0 Å². The lowest BCUT2D eigenvalue weighted by atomic mass is 10.2. The molecule has 10 heteroatoms. The van der Waals surface area contributed by atoms with Crippen LogP contribution in [0.4, 0.5) is 10.3 Å². The molecule has 2 aliphatic rings. The van der Waals surface area contributed by atoms with Gasteiger partial charge in [-0.1, -0.05) is 5.16 Å². The Morgan fingerprint density at radius 2 is 2.11 bits per heavy atom. The van der Waals surface area contributed by atoms with Crippen LogP contribution in [0.15, 0.2) is 50.7 Å². The van der Waals surface area contributed by atoms with Gasteiger partial charge < -0.3 is 29.4 Å². The lowest BCUT2D eigenvalue weighted by Crippen LogP contribution is -2.47. The third-order valence-electron chi connectivity index (χ3n) is 6.32. The van der Waals surface area contributed by atoms with Gasteiger partial charge in [-0.05, 0) is 51.7 Å². The van der Waals surface area contributed by atoms with E-state index in [4.69, 9.17) is 9.26 Å². The van der Waals surface area contributed by atoms with Gasteiger partial charge in [-0.3, -0.25) is 0 Å². The highest BCUT2D eigenvalue weighted by Crippen LogP contribution is 2.40. The number of halogens is 1. The summed E-state index contributed by atoms with van der Waals surface area (Å²) in [5.74, 6) is 1.93. The zero-order chi connectivity index (χ0) is 24.4. The summed E-state index contributed by atoms with van der Waals surface area (Å²) in [6, 6.07) is 7.09. The highest BCUT2D eigenvalue weighted by Gasteiger charge is 2.27. The molecule has 3 heterocycles. The van der Waals surface area contributed by atoms with Crippen LogP contribution >= 0.6 is 0 Å². The average molecular weight is 480 g/mol. The molecule has 1 saturated carbocycles. The number of likely N-dealkylation sites (N-methyl/N-ethyl adjacent to an activating group) is 1. The summed E-state index contributed by atoms with van der Waals surface area (Å²) in [6.45, 7) is 8.95. The van der Waals surface area contributed by atoms with Crippen LogP contribution in [-0.2, 0) is 0 Å². The van der Waals surface area contributed by atoms with E-state index in [1.807, 2.05) is 19.1 Å². The van der Waals surface area contributed by atoms with Gasteiger partial charge in [0.1, 0.15) is 11.7 Å². The van der Waals surface area contributed by atoms with Crippen molar-refractivity contribution in [2.75, 3.05) is 45.3 Å². The predicted molar refractivity (Wildman–Crippen MR) is 135 cm³/mol. The number of aromatic nitrogens is 2. The Balaban J connectivity index is 1.34. The highest BCUT2D eigenvalue weighted by atomic mass is 19.1. The summed E-state index contributed by atoms with van der Waals surface area (Å²) >= 11 is 0. The molecule has 1 saturated heterocycles. The molecular formula is C25H30FN7O2. The molecule has 2 fully saturated rings. The van der Waals surface area contributed by atoms with Crippen molar-refractivity contribution in [3.63, 3.8) is 0 Å². The molecule has 184 valence electrons. The number of aliphatic imine (C=N–C) groups is 2. The molecule has 5 rings (SSSR count). The van der Waals surface area contributed by atoms with Crippen molar-refractivity contribution >= 4 is 29.3 Å². The van der Waals surface area contributed by atoms with Crippen LogP contribution in [0.1, 0.15) is 30.1 Å². The minimum Gasteiger partial charge on any atom is -0.468 e. The van der Waals surface area contributed by atoms with Gasteiger partial charge in [0.15, 0.2) is 18.3 Å². The first-order valence-corrected chi connectivity index (χ1v) is 11.8. The first kappa shape index (κ1) is 23.1. The Labute approximate surface area is 203 Å². The van der Waals surface area contributed by atoms with E-state index >= 15 is 0 Å². The van der Waals surface area contributed by atoms with Crippen LogP contribution in [0.5, 0.6) is 5.75 Å². The number of hydrogen-bond donors (Lipinski definition) is 2. The van der Waals surface area contributed by atoms with E-state index in [-0.39, 0.29) is 12.5 Å². The van der Waals surface area contributed by atoms with Gasteiger partial charge in [0, 0.05) is 60.8 Å². The summed E-state index contributed by atoms with van der Waals surface area (Å²) in [5.41, 5.74) is 2.58. The quantitative estimate of drug-likeness (QED) is 0.373. The van der Waals surface area contributed by atoms with Crippen molar-refractivity contribution in [1.82, 2.24) is 19.9 Å².